The van der Waals surface area contributed by atoms with Crippen LogP contribution in [0, 0.1) is 5.92 Å². The van der Waals surface area contributed by atoms with Gasteiger partial charge in [-0.25, -0.2) is 4.99 Å². The predicted octanol–water partition coefficient (Wildman–Crippen LogP) is 2.11. The van der Waals surface area contributed by atoms with Crippen molar-refractivity contribution in [2.45, 2.75) is 17.0 Å². The van der Waals surface area contributed by atoms with Gasteiger partial charge in [0.2, 0.25) is 0 Å². The molecule has 0 spiro atoms. The summed E-state index contributed by atoms with van der Waals surface area (Å²) in [6.45, 7) is 1.97. The molecule has 1 fully saturated rings. The van der Waals surface area contributed by atoms with Gasteiger partial charge in [0.05, 0.1) is 10.0 Å². The SMILES string of the molecule is NC1=C(Sc2cccc(Cl)c2Cl)N=CC(N)(CC2CNC2)N1. The Hall–Kier alpha value is -0.920. The molecular formula is C14H17Cl2N5S. The number of nitrogens with zero attached hydrogens (tertiary/aromatic N) is 1. The van der Waals surface area contributed by atoms with E-state index < -0.39 is 5.66 Å². The highest BCUT2D eigenvalue weighted by Crippen LogP contribution is 2.38. The van der Waals surface area contributed by atoms with Crippen molar-refractivity contribution in [1.82, 2.24) is 10.6 Å². The Kier molecular flexibility index (Phi) is 4.56. The van der Waals surface area contributed by atoms with Gasteiger partial charge in [-0.15, -0.1) is 0 Å². The Labute approximate surface area is 143 Å². The zero-order valence-electron chi connectivity index (χ0n) is 11.8. The molecule has 1 atom stereocenters. The molecule has 0 bridgehead atoms. The Balaban J connectivity index is 1.73. The maximum Gasteiger partial charge on any atom is 0.140 e. The fourth-order valence-electron chi connectivity index (χ4n) is 2.40. The maximum atomic E-state index is 6.31. The molecule has 22 heavy (non-hydrogen) atoms. The molecule has 5 nitrogen and oxygen atoms in total. The van der Waals surface area contributed by atoms with E-state index in [1.165, 1.54) is 11.8 Å². The third-order valence-corrected chi connectivity index (χ3v) is 5.63. The second kappa shape index (κ2) is 6.29. The quantitative estimate of drug-likeness (QED) is 0.662. The molecule has 0 radical (unpaired) electrons. The van der Waals surface area contributed by atoms with Crippen LogP contribution in [0.25, 0.3) is 0 Å². The number of nitrogens with one attached hydrogen (secondary N) is 2. The minimum absolute atomic E-state index is 0.457. The van der Waals surface area contributed by atoms with Crippen LogP contribution in [0.2, 0.25) is 10.0 Å². The highest BCUT2D eigenvalue weighted by atomic mass is 35.5. The van der Waals surface area contributed by atoms with Crippen LogP contribution in [0.15, 0.2) is 38.9 Å². The largest absolute Gasteiger partial charge is 0.383 e. The fraction of sp³-hybridized carbons (Fsp3) is 0.357. The number of benzene rings is 1. The van der Waals surface area contributed by atoms with Gasteiger partial charge < -0.3 is 22.1 Å². The van der Waals surface area contributed by atoms with Gasteiger partial charge >= 0.3 is 0 Å². The monoisotopic (exact) mass is 357 g/mol. The molecule has 6 N–H and O–H groups in total. The molecule has 2 aliphatic heterocycles. The summed E-state index contributed by atoms with van der Waals surface area (Å²) < 4.78 is 0. The van der Waals surface area contributed by atoms with E-state index in [0.717, 1.165) is 24.4 Å². The summed E-state index contributed by atoms with van der Waals surface area (Å²) in [5, 5.41) is 8.02. The minimum atomic E-state index is -0.695. The van der Waals surface area contributed by atoms with Gasteiger partial charge in [-0.2, -0.15) is 0 Å². The van der Waals surface area contributed by atoms with Crippen molar-refractivity contribution in [1.29, 1.82) is 0 Å². The first kappa shape index (κ1) is 16.0. The van der Waals surface area contributed by atoms with Crippen molar-refractivity contribution in [3.8, 4) is 0 Å². The summed E-state index contributed by atoms with van der Waals surface area (Å²) in [5.41, 5.74) is 11.7. The van der Waals surface area contributed by atoms with Crippen molar-refractivity contribution in [2.24, 2.45) is 22.4 Å². The Bertz CT molecular complexity index is 644. The van der Waals surface area contributed by atoms with E-state index in [0.29, 0.717) is 26.8 Å². The van der Waals surface area contributed by atoms with Gasteiger partial charge in [0.1, 0.15) is 16.5 Å². The lowest BCUT2D eigenvalue weighted by atomic mass is 9.91. The molecule has 1 saturated heterocycles. The number of halogens is 2. The third kappa shape index (κ3) is 3.36. The molecular weight excluding hydrogens is 341 g/mol. The van der Waals surface area contributed by atoms with Gasteiger partial charge in [0.25, 0.3) is 0 Å². The topological polar surface area (TPSA) is 88.5 Å². The second-order valence-corrected chi connectivity index (χ2v) is 7.34. The molecule has 2 aliphatic rings. The molecule has 0 amide bonds. The number of hydrogen-bond acceptors (Lipinski definition) is 6. The molecule has 0 aromatic heterocycles. The maximum absolute atomic E-state index is 6.31. The molecule has 118 valence electrons. The van der Waals surface area contributed by atoms with Crippen LogP contribution in [-0.4, -0.2) is 25.0 Å². The van der Waals surface area contributed by atoms with Gasteiger partial charge in [-0.3, -0.25) is 0 Å². The number of rotatable bonds is 4. The van der Waals surface area contributed by atoms with Crippen LogP contribution in [0.5, 0.6) is 0 Å². The zero-order chi connectivity index (χ0) is 15.7. The number of aliphatic imine (C=N–C) groups is 1. The van der Waals surface area contributed by atoms with Crippen LogP contribution in [0.1, 0.15) is 6.42 Å². The lowest BCUT2D eigenvalue weighted by Crippen LogP contribution is -2.61. The van der Waals surface area contributed by atoms with Gasteiger partial charge in [-0.1, -0.05) is 41.0 Å². The van der Waals surface area contributed by atoms with E-state index in [1.807, 2.05) is 12.1 Å². The van der Waals surface area contributed by atoms with Gasteiger partial charge in [0.15, 0.2) is 0 Å². The first-order chi connectivity index (χ1) is 10.5. The third-order valence-electron chi connectivity index (χ3n) is 3.63. The molecule has 3 rings (SSSR count). The van der Waals surface area contributed by atoms with Crippen LogP contribution < -0.4 is 22.1 Å². The first-order valence-electron chi connectivity index (χ1n) is 6.91. The summed E-state index contributed by atoms with van der Waals surface area (Å²) in [6.07, 6.45) is 2.52. The van der Waals surface area contributed by atoms with E-state index in [9.17, 15) is 0 Å². The summed E-state index contributed by atoms with van der Waals surface area (Å²) >= 11 is 13.6. The highest BCUT2D eigenvalue weighted by molar-refractivity contribution is 8.03. The first-order valence-corrected chi connectivity index (χ1v) is 8.49. The van der Waals surface area contributed by atoms with E-state index >= 15 is 0 Å². The van der Waals surface area contributed by atoms with Gasteiger partial charge in [0, 0.05) is 11.1 Å². The van der Waals surface area contributed by atoms with Crippen LogP contribution in [0.3, 0.4) is 0 Å². The second-order valence-electron chi connectivity index (χ2n) is 5.52. The van der Waals surface area contributed by atoms with Crippen LogP contribution in [0.4, 0.5) is 0 Å². The van der Waals surface area contributed by atoms with Crippen molar-refractivity contribution < 1.29 is 0 Å². The molecule has 1 unspecified atom stereocenters. The fourth-order valence-corrected chi connectivity index (χ4v) is 3.70. The lowest BCUT2D eigenvalue weighted by Gasteiger charge is -2.37. The average Bonchev–Trinajstić information content (AvgIpc) is 2.43. The summed E-state index contributed by atoms with van der Waals surface area (Å²) in [5.74, 6) is 1.01. The van der Waals surface area contributed by atoms with Crippen molar-refractivity contribution in [2.75, 3.05) is 13.1 Å². The number of thioether (sulfide) groups is 1. The summed E-state index contributed by atoms with van der Waals surface area (Å²) in [4.78, 5) is 5.23. The molecule has 1 aromatic rings. The lowest BCUT2D eigenvalue weighted by molar-refractivity contribution is 0.269. The summed E-state index contributed by atoms with van der Waals surface area (Å²) in [6, 6.07) is 5.45. The number of nitrogens with two attached hydrogens (primary N) is 2. The van der Waals surface area contributed by atoms with Crippen LogP contribution >= 0.6 is 35.0 Å². The molecule has 1 aromatic carbocycles. The molecule has 2 heterocycles. The zero-order valence-corrected chi connectivity index (χ0v) is 14.1. The summed E-state index contributed by atoms with van der Waals surface area (Å²) in [7, 11) is 0. The average molecular weight is 358 g/mol. The van der Waals surface area contributed by atoms with E-state index in [1.54, 1.807) is 12.3 Å². The highest BCUT2D eigenvalue weighted by Gasteiger charge is 2.33. The van der Waals surface area contributed by atoms with Crippen molar-refractivity contribution in [3.05, 3.63) is 39.1 Å². The van der Waals surface area contributed by atoms with Crippen molar-refractivity contribution >= 4 is 41.2 Å². The van der Waals surface area contributed by atoms with E-state index in [2.05, 4.69) is 15.6 Å². The molecule has 0 aliphatic carbocycles. The predicted molar refractivity (Wildman–Crippen MR) is 93.1 cm³/mol. The Morgan fingerprint density at radius 3 is 2.77 bits per heavy atom. The van der Waals surface area contributed by atoms with E-state index in [-0.39, 0.29) is 0 Å². The van der Waals surface area contributed by atoms with E-state index in [4.69, 9.17) is 34.7 Å². The Morgan fingerprint density at radius 2 is 2.14 bits per heavy atom. The Morgan fingerprint density at radius 1 is 1.36 bits per heavy atom. The number of hydrogen-bond donors (Lipinski definition) is 4. The minimum Gasteiger partial charge on any atom is -0.383 e. The standard InChI is InChI=1S/C14H17Cl2N5S/c15-9-2-1-3-10(11(9)16)22-13-12(17)21-14(18,7-20-13)4-8-5-19-6-8/h1-3,7-8,19,21H,4-6,17-18H2. The van der Waals surface area contributed by atoms with Crippen molar-refractivity contribution in [3.63, 3.8) is 0 Å². The molecule has 8 heteroatoms. The normalized spacial score (nSPS) is 25.0. The van der Waals surface area contributed by atoms with Gasteiger partial charge in [-0.05, 0) is 37.6 Å². The molecule has 0 saturated carbocycles. The smallest absolute Gasteiger partial charge is 0.140 e. The van der Waals surface area contributed by atoms with Crippen LogP contribution in [-0.2, 0) is 0 Å².